The monoisotopic (exact) mass is 404 g/mol. The Morgan fingerprint density at radius 1 is 1.07 bits per heavy atom. The van der Waals surface area contributed by atoms with Crippen LogP contribution in [0.4, 0.5) is 0 Å². The van der Waals surface area contributed by atoms with Crippen molar-refractivity contribution in [1.29, 1.82) is 0 Å². The van der Waals surface area contributed by atoms with Gasteiger partial charge in [-0.3, -0.25) is 4.79 Å². The molecule has 1 saturated heterocycles. The Labute approximate surface area is 165 Å². The largest absolute Gasteiger partial charge is 0.473 e. The van der Waals surface area contributed by atoms with Gasteiger partial charge in [-0.2, -0.15) is 5.10 Å². The van der Waals surface area contributed by atoms with Gasteiger partial charge in [0, 0.05) is 51.7 Å². The lowest BCUT2D eigenvalue weighted by atomic mass is 10.1. The van der Waals surface area contributed by atoms with Crippen molar-refractivity contribution in [3.8, 4) is 5.88 Å². The maximum atomic E-state index is 12.7. The summed E-state index contributed by atoms with van der Waals surface area (Å²) in [5.41, 5.74) is 1.30. The van der Waals surface area contributed by atoms with E-state index in [4.69, 9.17) is 4.74 Å². The smallest absolute Gasteiger partial charge is 0.253 e. The number of nitrogens with zero attached hydrogens (tertiary/aromatic N) is 4. The summed E-state index contributed by atoms with van der Waals surface area (Å²) in [5, 5.41) is 7.99. The number of rotatable bonds is 5. The van der Waals surface area contributed by atoms with Crippen molar-refractivity contribution in [3.05, 3.63) is 47.7 Å². The highest BCUT2D eigenvalue weighted by atomic mass is 32.2. The lowest BCUT2D eigenvalue weighted by molar-refractivity contribution is 0.0586. The normalized spacial score (nSPS) is 15.6. The zero-order valence-corrected chi connectivity index (χ0v) is 17.0. The highest BCUT2D eigenvalue weighted by molar-refractivity contribution is 7.89. The van der Waals surface area contributed by atoms with Crippen molar-refractivity contribution in [2.24, 2.45) is 0 Å². The summed E-state index contributed by atoms with van der Waals surface area (Å²) in [6.07, 6.45) is 1.40. The first-order chi connectivity index (χ1) is 13.3. The molecule has 0 N–H and O–H groups in total. The number of carbonyl (C=O) groups is 1. The number of aromatic nitrogens is 2. The van der Waals surface area contributed by atoms with Crippen LogP contribution in [0.3, 0.4) is 0 Å². The Morgan fingerprint density at radius 3 is 2.25 bits per heavy atom. The van der Waals surface area contributed by atoms with Gasteiger partial charge < -0.3 is 9.64 Å². The molecule has 0 bridgehead atoms. The van der Waals surface area contributed by atoms with E-state index in [2.05, 4.69) is 10.2 Å². The van der Waals surface area contributed by atoms with Crippen LogP contribution in [0, 0.1) is 6.92 Å². The molecular formula is C19H24N4O4S. The van der Waals surface area contributed by atoms with Gasteiger partial charge in [0.2, 0.25) is 15.9 Å². The van der Waals surface area contributed by atoms with E-state index in [0.717, 1.165) is 10.00 Å². The molecule has 0 saturated carbocycles. The standard InChI is InChI=1S/C19H24N4O4S/c1-14-4-9-18(21-20-14)27-16-10-12-23(13-11-16)19(24)15-5-7-17(8-6-15)28(25,26)22(2)3/h4-9,16H,10-13H2,1-3H3. The predicted octanol–water partition coefficient (Wildman–Crippen LogP) is 1.72. The van der Waals surface area contributed by atoms with Gasteiger partial charge in [-0.1, -0.05) is 0 Å². The Kier molecular flexibility index (Phi) is 5.95. The summed E-state index contributed by atoms with van der Waals surface area (Å²) >= 11 is 0. The molecule has 2 aromatic rings. The van der Waals surface area contributed by atoms with Crippen LogP contribution in [-0.2, 0) is 10.0 Å². The fourth-order valence-corrected chi connectivity index (χ4v) is 3.86. The summed E-state index contributed by atoms with van der Waals surface area (Å²) in [5.74, 6) is 0.385. The van der Waals surface area contributed by atoms with Crippen molar-refractivity contribution in [2.45, 2.75) is 30.8 Å². The number of benzene rings is 1. The molecule has 1 aromatic carbocycles. The minimum atomic E-state index is -3.50. The molecule has 2 heterocycles. The van der Waals surface area contributed by atoms with Crippen molar-refractivity contribution in [3.63, 3.8) is 0 Å². The molecule has 8 nitrogen and oxygen atoms in total. The van der Waals surface area contributed by atoms with E-state index >= 15 is 0 Å². The molecule has 0 unspecified atom stereocenters. The van der Waals surface area contributed by atoms with Crippen molar-refractivity contribution in [2.75, 3.05) is 27.2 Å². The maximum absolute atomic E-state index is 12.7. The Bertz CT molecular complexity index is 919. The third-order valence-corrected chi connectivity index (χ3v) is 6.50. The number of hydrogen-bond donors (Lipinski definition) is 0. The predicted molar refractivity (Wildman–Crippen MR) is 104 cm³/mol. The Hall–Kier alpha value is -2.52. The van der Waals surface area contributed by atoms with Crippen LogP contribution in [0.2, 0.25) is 0 Å². The zero-order chi connectivity index (χ0) is 20.3. The lowest BCUT2D eigenvalue weighted by Gasteiger charge is -2.32. The second kappa shape index (κ2) is 8.24. The van der Waals surface area contributed by atoms with Crippen LogP contribution in [0.15, 0.2) is 41.3 Å². The molecule has 0 aliphatic carbocycles. The van der Waals surface area contributed by atoms with E-state index in [1.807, 2.05) is 13.0 Å². The number of ether oxygens (including phenoxy) is 1. The molecule has 1 aliphatic heterocycles. The van der Waals surface area contributed by atoms with Crippen LogP contribution in [0.5, 0.6) is 5.88 Å². The van der Waals surface area contributed by atoms with E-state index < -0.39 is 10.0 Å². The molecule has 9 heteroatoms. The summed E-state index contributed by atoms with van der Waals surface area (Å²) in [6, 6.07) is 9.69. The second-order valence-corrected chi connectivity index (χ2v) is 9.09. The van der Waals surface area contributed by atoms with Crippen LogP contribution in [-0.4, -0.2) is 67.0 Å². The summed E-state index contributed by atoms with van der Waals surface area (Å²) in [6.45, 7) is 3.00. The summed E-state index contributed by atoms with van der Waals surface area (Å²) in [4.78, 5) is 14.6. The molecule has 1 amide bonds. The van der Waals surface area contributed by atoms with Crippen LogP contribution in [0.1, 0.15) is 28.9 Å². The van der Waals surface area contributed by atoms with Crippen LogP contribution < -0.4 is 4.74 Å². The highest BCUT2D eigenvalue weighted by Gasteiger charge is 2.25. The number of piperidine rings is 1. The van der Waals surface area contributed by atoms with E-state index in [1.165, 1.54) is 26.2 Å². The fraction of sp³-hybridized carbons (Fsp3) is 0.421. The molecule has 28 heavy (non-hydrogen) atoms. The number of likely N-dealkylation sites (tertiary alicyclic amines) is 1. The molecule has 0 radical (unpaired) electrons. The molecule has 150 valence electrons. The van der Waals surface area contributed by atoms with Gasteiger partial charge in [0.05, 0.1) is 10.6 Å². The molecule has 1 aromatic heterocycles. The number of hydrogen-bond acceptors (Lipinski definition) is 6. The van der Waals surface area contributed by atoms with Crippen molar-refractivity contribution >= 4 is 15.9 Å². The van der Waals surface area contributed by atoms with Crippen LogP contribution >= 0.6 is 0 Å². The SMILES string of the molecule is Cc1ccc(OC2CCN(C(=O)c3ccc(S(=O)(=O)N(C)C)cc3)CC2)nn1. The minimum absolute atomic E-state index is 0.00586. The van der Waals surface area contributed by atoms with Gasteiger partial charge in [-0.15, -0.1) is 5.10 Å². The minimum Gasteiger partial charge on any atom is -0.473 e. The van der Waals surface area contributed by atoms with Crippen LogP contribution in [0.25, 0.3) is 0 Å². The first-order valence-corrected chi connectivity index (χ1v) is 10.5. The molecule has 0 atom stereocenters. The first-order valence-electron chi connectivity index (χ1n) is 9.06. The van der Waals surface area contributed by atoms with E-state index in [9.17, 15) is 13.2 Å². The van der Waals surface area contributed by atoms with Gasteiger partial charge in [-0.05, 0) is 37.3 Å². The zero-order valence-electron chi connectivity index (χ0n) is 16.2. The fourth-order valence-electron chi connectivity index (χ4n) is 2.96. The van der Waals surface area contributed by atoms with Gasteiger partial charge in [0.1, 0.15) is 6.10 Å². The lowest BCUT2D eigenvalue weighted by Crippen LogP contribution is -2.41. The average molecular weight is 404 g/mol. The molecule has 1 fully saturated rings. The summed E-state index contributed by atoms with van der Waals surface area (Å²) < 4.78 is 31.2. The molecular weight excluding hydrogens is 380 g/mol. The van der Waals surface area contributed by atoms with Gasteiger partial charge in [-0.25, -0.2) is 12.7 Å². The van der Waals surface area contributed by atoms with E-state index in [-0.39, 0.29) is 16.9 Å². The summed E-state index contributed by atoms with van der Waals surface area (Å²) in [7, 11) is -0.553. The van der Waals surface area contributed by atoms with Crippen molar-refractivity contribution in [1.82, 2.24) is 19.4 Å². The van der Waals surface area contributed by atoms with Crippen molar-refractivity contribution < 1.29 is 17.9 Å². The number of aryl methyl sites for hydroxylation is 1. The topological polar surface area (TPSA) is 92.7 Å². The third kappa shape index (κ3) is 4.48. The first kappa shape index (κ1) is 20.2. The number of carbonyl (C=O) groups excluding carboxylic acids is 1. The maximum Gasteiger partial charge on any atom is 0.253 e. The number of amides is 1. The molecule has 0 spiro atoms. The third-order valence-electron chi connectivity index (χ3n) is 4.67. The second-order valence-electron chi connectivity index (χ2n) is 6.93. The van der Waals surface area contributed by atoms with E-state index in [0.29, 0.717) is 37.4 Å². The average Bonchev–Trinajstić information content (AvgIpc) is 2.70. The quantitative estimate of drug-likeness (QED) is 0.753. The van der Waals surface area contributed by atoms with Gasteiger partial charge >= 0.3 is 0 Å². The van der Waals surface area contributed by atoms with Gasteiger partial charge in [0.15, 0.2) is 0 Å². The Balaban J connectivity index is 1.58. The van der Waals surface area contributed by atoms with Gasteiger partial charge in [0.25, 0.3) is 5.91 Å². The van der Waals surface area contributed by atoms with E-state index in [1.54, 1.807) is 23.1 Å². The molecule has 1 aliphatic rings. The Morgan fingerprint density at radius 2 is 1.71 bits per heavy atom. The highest BCUT2D eigenvalue weighted by Crippen LogP contribution is 2.20. The molecule has 3 rings (SSSR count). The number of sulfonamides is 1.